The van der Waals surface area contributed by atoms with E-state index < -0.39 is 11.5 Å². The summed E-state index contributed by atoms with van der Waals surface area (Å²) in [6, 6.07) is 0. The molecule has 0 spiro atoms. The van der Waals surface area contributed by atoms with Crippen LogP contribution in [0.4, 0.5) is 0 Å². The lowest BCUT2D eigenvalue weighted by Gasteiger charge is -2.25. The van der Waals surface area contributed by atoms with Crippen molar-refractivity contribution < 1.29 is 19.1 Å². The number of ether oxygens (including phenoxy) is 1. The van der Waals surface area contributed by atoms with E-state index >= 15 is 0 Å². The average molecular weight is 281 g/mol. The first-order valence-corrected chi connectivity index (χ1v) is 6.86. The number of esters is 1. The Morgan fingerprint density at radius 2 is 1.65 bits per heavy atom. The Morgan fingerprint density at radius 3 is 2.05 bits per heavy atom. The number of carbonyl (C=O) groups excluding carboxylic acids is 3. The molecule has 20 heavy (non-hydrogen) atoms. The zero-order valence-electron chi connectivity index (χ0n) is 13.1. The summed E-state index contributed by atoms with van der Waals surface area (Å²) < 4.78 is 5.33. The molecule has 0 saturated carbocycles. The van der Waals surface area contributed by atoms with Crippen LogP contribution < -0.4 is 0 Å². The standard InChI is InChI=1S/C15H23NO4/c1-7-15(5,6)14(19)20-9(2)8-16-12(17)10(3)11(4)13(16)18/h9H,7-8H2,1-6H3. The van der Waals surface area contributed by atoms with E-state index in [1.54, 1.807) is 20.8 Å². The molecule has 112 valence electrons. The molecule has 2 amide bonds. The minimum absolute atomic E-state index is 0.0951. The van der Waals surface area contributed by atoms with Crippen molar-refractivity contribution in [3.05, 3.63) is 11.1 Å². The van der Waals surface area contributed by atoms with Crippen molar-refractivity contribution in [1.29, 1.82) is 0 Å². The molecule has 0 aromatic carbocycles. The Kier molecular flexibility index (Phi) is 4.73. The van der Waals surface area contributed by atoms with E-state index in [-0.39, 0.29) is 24.3 Å². The second-order valence-electron chi connectivity index (χ2n) is 5.92. The number of rotatable bonds is 5. The van der Waals surface area contributed by atoms with Crippen molar-refractivity contribution in [2.24, 2.45) is 5.41 Å². The highest BCUT2D eigenvalue weighted by molar-refractivity contribution is 6.18. The lowest BCUT2D eigenvalue weighted by molar-refractivity contribution is -0.161. The Bertz CT molecular complexity index is 452. The SMILES string of the molecule is CCC(C)(C)C(=O)OC(C)CN1C(=O)C(C)=C(C)C1=O. The summed E-state index contributed by atoms with van der Waals surface area (Å²) in [6.45, 7) is 10.6. The van der Waals surface area contributed by atoms with Gasteiger partial charge in [-0.25, -0.2) is 0 Å². The van der Waals surface area contributed by atoms with E-state index in [9.17, 15) is 14.4 Å². The third-order valence-corrected chi connectivity index (χ3v) is 3.88. The van der Waals surface area contributed by atoms with Crippen LogP contribution in [0.1, 0.15) is 48.0 Å². The summed E-state index contributed by atoms with van der Waals surface area (Å²) in [5.41, 5.74) is 0.363. The van der Waals surface area contributed by atoms with E-state index in [0.29, 0.717) is 17.6 Å². The quantitative estimate of drug-likeness (QED) is 0.571. The minimum atomic E-state index is -0.558. The van der Waals surface area contributed by atoms with Crippen molar-refractivity contribution in [2.45, 2.75) is 54.1 Å². The van der Waals surface area contributed by atoms with Crippen molar-refractivity contribution in [1.82, 2.24) is 4.90 Å². The summed E-state index contributed by atoms with van der Waals surface area (Å²) in [4.78, 5) is 36.9. The fourth-order valence-electron chi connectivity index (χ4n) is 1.76. The van der Waals surface area contributed by atoms with Gasteiger partial charge >= 0.3 is 5.97 Å². The molecule has 1 heterocycles. The van der Waals surface area contributed by atoms with Crippen molar-refractivity contribution in [3.8, 4) is 0 Å². The lowest BCUT2D eigenvalue weighted by atomic mass is 9.90. The topological polar surface area (TPSA) is 63.7 Å². The van der Waals surface area contributed by atoms with Crippen LogP contribution in [0, 0.1) is 5.41 Å². The van der Waals surface area contributed by atoms with E-state index in [1.165, 1.54) is 0 Å². The number of nitrogens with zero attached hydrogens (tertiary/aromatic N) is 1. The minimum Gasteiger partial charge on any atom is -0.460 e. The van der Waals surface area contributed by atoms with Crippen LogP contribution in [0.3, 0.4) is 0 Å². The largest absolute Gasteiger partial charge is 0.460 e. The predicted octanol–water partition coefficient (Wildman–Crippen LogP) is 2.06. The predicted molar refractivity (Wildman–Crippen MR) is 74.7 cm³/mol. The first-order chi connectivity index (χ1) is 9.11. The Hall–Kier alpha value is -1.65. The molecular formula is C15H23NO4. The number of carbonyl (C=O) groups is 3. The van der Waals surface area contributed by atoms with Gasteiger partial charge in [0.15, 0.2) is 0 Å². The van der Waals surface area contributed by atoms with Crippen LogP contribution in [-0.2, 0) is 19.1 Å². The van der Waals surface area contributed by atoms with E-state index in [4.69, 9.17) is 4.74 Å². The Morgan fingerprint density at radius 1 is 1.20 bits per heavy atom. The molecule has 1 atom stereocenters. The summed E-state index contributed by atoms with van der Waals surface area (Å²) in [5, 5.41) is 0. The van der Waals surface area contributed by atoms with Crippen LogP contribution in [0.5, 0.6) is 0 Å². The number of amides is 2. The van der Waals surface area contributed by atoms with Gasteiger partial charge in [0.05, 0.1) is 12.0 Å². The monoisotopic (exact) mass is 281 g/mol. The van der Waals surface area contributed by atoms with Crippen molar-refractivity contribution in [3.63, 3.8) is 0 Å². The third-order valence-electron chi connectivity index (χ3n) is 3.88. The molecular weight excluding hydrogens is 258 g/mol. The molecule has 0 radical (unpaired) electrons. The van der Waals surface area contributed by atoms with Crippen LogP contribution in [0.15, 0.2) is 11.1 Å². The summed E-state index contributed by atoms with van der Waals surface area (Å²) in [5.74, 6) is -0.914. The number of imide groups is 1. The first kappa shape index (κ1) is 16.4. The van der Waals surface area contributed by atoms with Gasteiger partial charge < -0.3 is 4.74 Å². The fraction of sp³-hybridized carbons (Fsp3) is 0.667. The number of hydrogen-bond acceptors (Lipinski definition) is 4. The Balaban J connectivity index is 2.66. The molecule has 1 rings (SSSR count). The molecule has 5 heteroatoms. The van der Waals surface area contributed by atoms with Crippen LogP contribution >= 0.6 is 0 Å². The van der Waals surface area contributed by atoms with Crippen LogP contribution in [0.25, 0.3) is 0 Å². The van der Waals surface area contributed by atoms with Gasteiger partial charge in [0.2, 0.25) is 0 Å². The highest BCUT2D eigenvalue weighted by Gasteiger charge is 2.35. The highest BCUT2D eigenvalue weighted by Crippen LogP contribution is 2.24. The number of hydrogen-bond donors (Lipinski definition) is 0. The maximum Gasteiger partial charge on any atom is 0.311 e. The molecule has 0 aromatic rings. The molecule has 1 unspecified atom stereocenters. The normalized spacial score (nSPS) is 17.8. The van der Waals surface area contributed by atoms with E-state index in [1.807, 2.05) is 20.8 Å². The molecule has 0 fully saturated rings. The van der Waals surface area contributed by atoms with Gasteiger partial charge in [-0.05, 0) is 41.0 Å². The highest BCUT2D eigenvalue weighted by atomic mass is 16.5. The van der Waals surface area contributed by atoms with Gasteiger partial charge in [0, 0.05) is 11.1 Å². The molecule has 0 aromatic heterocycles. The van der Waals surface area contributed by atoms with Crippen molar-refractivity contribution >= 4 is 17.8 Å². The van der Waals surface area contributed by atoms with Gasteiger partial charge in [0.1, 0.15) is 6.10 Å². The van der Waals surface area contributed by atoms with Gasteiger partial charge in [-0.3, -0.25) is 19.3 Å². The smallest absolute Gasteiger partial charge is 0.311 e. The maximum absolute atomic E-state index is 12.0. The Labute approximate surface area is 120 Å². The van der Waals surface area contributed by atoms with Gasteiger partial charge in [-0.2, -0.15) is 0 Å². The van der Waals surface area contributed by atoms with Crippen LogP contribution in [0.2, 0.25) is 0 Å². The zero-order chi connectivity index (χ0) is 15.7. The van der Waals surface area contributed by atoms with Crippen molar-refractivity contribution in [2.75, 3.05) is 6.54 Å². The first-order valence-electron chi connectivity index (χ1n) is 6.86. The average Bonchev–Trinajstić information content (AvgIpc) is 2.56. The van der Waals surface area contributed by atoms with E-state index in [0.717, 1.165) is 4.90 Å². The molecule has 0 N–H and O–H groups in total. The second-order valence-corrected chi connectivity index (χ2v) is 5.92. The molecule has 0 bridgehead atoms. The van der Waals surface area contributed by atoms with Gasteiger partial charge in [-0.1, -0.05) is 6.92 Å². The molecule has 5 nitrogen and oxygen atoms in total. The van der Waals surface area contributed by atoms with E-state index in [2.05, 4.69) is 0 Å². The second kappa shape index (κ2) is 5.77. The lowest BCUT2D eigenvalue weighted by Crippen LogP contribution is -2.40. The van der Waals surface area contributed by atoms with Gasteiger partial charge in [0.25, 0.3) is 11.8 Å². The third kappa shape index (κ3) is 3.08. The summed E-state index contributed by atoms with van der Waals surface area (Å²) in [7, 11) is 0. The molecule has 0 aliphatic carbocycles. The fourth-order valence-corrected chi connectivity index (χ4v) is 1.76. The summed E-state index contributed by atoms with van der Waals surface area (Å²) in [6.07, 6.45) is 0.153. The maximum atomic E-state index is 12.0. The molecule has 1 aliphatic heterocycles. The summed E-state index contributed by atoms with van der Waals surface area (Å²) >= 11 is 0. The molecule has 1 aliphatic rings. The van der Waals surface area contributed by atoms with Crippen LogP contribution in [-0.4, -0.2) is 35.3 Å². The molecule has 0 saturated heterocycles. The van der Waals surface area contributed by atoms with Gasteiger partial charge in [-0.15, -0.1) is 0 Å². The zero-order valence-corrected chi connectivity index (χ0v) is 13.1.